The van der Waals surface area contributed by atoms with Crippen molar-refractivity contribution in [1.82, 2.24) is 5.32 Å². The van der Waals surface area contributed by atoms with E-state index in [1.807, 2.05) is 13.8 Å². The van der Waals surface area contributed by atoms with E-state index in [4.69, 9.17) is 9.47 Å². The highest BCUT2D eigenvalue weighted by atomic mass is 16.5. The number of carbonyl (C=O) groups excluding carboxylic acids is 4. The smallest absolute Gasteiger partial charge is 0.338 e. The number of amides is 3. The van der Waals surface area contributed by atoms with E-state index in [9.17, 15) is 19.2 Å². The normalized spacial score (nSPS) is 12.1. The van der Waals surface area contributed by atoms with Crippen molar-refractivity contribution in [2.45, 2.75) is 40.2 Å². The Kier molecular flexibility index (Phi) is 10.1. The van der Waals surface area contributed by atoms with Crippen LogP contribution in [0.25, 0.3) is 0 Å². The van der Waals surface area contributed by atoms with Gasteiger partial charge in [0, 0.05) is 11.4 Å². The molecule has 0 fully saturated rings. The number of ether oxygens (including phenoxy) is 2. The van der Waals surface area contributed by atoms with E-state index in [1.54, 1.807) is 62.4 Å². The van der Waals surface area contributed by atoms with Crippen LogP contribution in [0.2, 0.25) is 0 Å². The van der Waals surface area contributed by atoms with Gasteiger partial charge in [0.1, 0.15) is 6.04 Å². The fourth-order valence-corrected chi connectivity index (χ4v) is 3.04. The quantitative estimate of drug-likeness (QED) is 0.448. The Morgan fingerprint density at radius 1 is 0.735 bits per heavy atom. The molecule has 0 radical (unpaired) electrons. The van der Waals surface area contributed by atoms with Crippen molar-refractivity contribution in [3.63, 3.8) is 0 Å². The second-order valence-electron chi connectivity index (χ2n) is 7.55. The summed E-state index contributed by atoms with van der Waals surface area (Å²) in [6, 6.07) is 11.2. The number of benzene rings is 2. The predicted octanol–water partition coefficient (Wildman–Crippen LogP) is 4.21. The van der Waals surface area contributed by atoms with Crippen LogP contribution in [-0.4, -0.2) is 43.1 Å². The van der Waals surface area contributed by atoms with Gasteiger partial charge in [-0.25, -0.2) is 14.4 Å². The summed E-state index contributed by atoms with van der Waals surface area (Å²) in [5, 5.41) is 8.15. The summed E-state index contributed by atoms with van der Waals surface area (Å²) in [7, 11) is 0. The number of esters is 2. The summed E-state index contributed by atoms with van der Waals surface area (Å²) in [5.74, 6) is -1.41. The molecule has 0 aliphatic heterocycles. The standard InChI is InChI=1S/C25H31N3O6/c1-5-16(4)21(22(29)26-19-12-8-17(9-13-19)23(30)33-6-2)28-25(32)27-20-14-10-18(11-15-20)24(31)34-7-3/h8-16,21H,5-7H2,1-4H3,(H,26,29)(H2,27,28,32). The van der Waals surface area contributed by atoms with Crippen molar-refractivity contribution in [3.05, 3.63) is 59.7 Å². The molecule has 9 nitrogen and oxygen atoms in total. The molecule has 0 bridgehead atoms. The minimum absolute atomic E-state index is 0.143. The third-order valence-electron chi connectivity index (χ3n) is 5.10. The second-order valence-corrected chi connectivity index (χ2v) is 7.55. The Bertz CT molecular complexity index is 989. The van der Waals surface area contributed by atoms with Crippen molar-refractivity contribution < 1.29 is 28.7 Å². The number of carbonyl (C=O) groups is 4. The zero-order valence-corrected chi connectivity index (χ0v) is 19.8. The molecule has 0 heterocycles. The Morgan fingerprint density at radius 3 is 1.59 bits per heavy atom. The summed E-state index contributed by atoms with van der Waals surface area (Å²) in [4.78, 5) is 49.0. The number of rotatable bonds is 10. The van der Waals surface area contributed by atoms with Gasteiger partial charge in [-0.15, -0.1) is 0 Å². The van der Waals surface area contributed by atoms with Gasteiger partial charge < -0.3 is 25.4 Å². The molecule has 0 saturated heterocycles. The van der Waals surface area contributed by atoms with Crippen LogP contribution in [-0.2, 0) is 14.3 Å². The largest absolute Gasteiger partial charge is 0.462 e. The van der Waals surface area contributed by atoms with Gasteiger partial charge in [0.2, 0.25) is 5.91 Å². The zero-order chi connectivity index (χ0) is 25.1. The van der Waals surface area contributed by atoms with Crippen LogP contribution in [0.15, 0.2) is 48.5 Å². The Balaban J connectivity index is 2.02. The first-order valence-electron chi connectivity index (χ1n) is 11.2. The van der Waals surface area contributed by atoms with Gasteiger partial charge in [-0.3, -0.25) is 4.79 Å². The Hall–Kier alpha value is -3.88. The fourth-order valence-electron chi connectivity index (χ4n) is 3.04. The average molecular weight is 470 g/mol. The van der Waals surface area contributed by atoms with E-state index in [0.29, 0.717) is 28.9 Å². The zero-order valence-electron chi connectivity index (χ0n) is 19.8. The molecule has 2 rings (SSSR count). The van der Waals surface area contributed by atoms with E-state index in [2.05, 4.69) is 16.0 Å². The highest BCUT2D eigenvalue weighted by molar-refractivity contribution is 6.00. The molecule has 0 spiro atoms. The molecular weight excluding hydrogens is 438 g/mol. The number of hydrogen-bond donors (Lipinski definition) is 3. The molecule has 2 atom stereocenters. The van der Waals surface area contributed by atoms with Crippen LogP contribution < -0.4 is 16.0 Å². The van der Waals surface area contributed by atoms with Gasteiger partial charge in [-0.1, -0.05) is 20.3 Å². The van der Waals surface area contributed by atoms with Gasteiger partial charge in [0.25, 0.3) is 0 Å². The number of urea groups is 1. The molecule has 2 aromatic carbocycles. The summed E-state index contributed by atoms with van der Waals surface area (Å²) < 4.78 is 9.89. The predicted molar refractivity (Wildman–Crippen MR) is 129 cm³/mol. The third kappa shape index (κ3) is 7.61. The highest BCUT2D eigenvalue weighted by Crippen LogP contribution is 2.15. The van der Waals surface area contributed by atoms with Gasteiger partial charge in [0.05, 0.1) is 24.3 Å². The maximum absolute atomic E-state index is 12.9. The molecule has 2 aromatic rings. The van der Waals surface area contributed by atoms with E-state index < -0.39 is 24.0 Å². The first-order chi connectivity index (χ1) is 16.3. The van der Waals surface area contributed by atoms with Crippen LogP contribution >= 0.6 is 0 Å². The monoisotopic (exact) mass is 469 g/mol. The van der Waals surface area contributed by atoms with Crippen LogP contribution in [0.4, 0.5) is 16.2 Å². The van der Waals surface area contributed by atoms with Crippen molar-refractivity contribution in [1.29, 1.82) is 0 Å². The molecule has 0 aromatic heterocycles. The molecule has 0 saturated carbocycles. The molecular formula is C25H31N3O6. The van der Waals surface area contributed by atoms with Crippen LogP contribution in [0.5, 0.6) is 0 Å². The Labute approximate surface area is 199 Å². The first kappa shape index (κ1) is 26.4. The SMILES string of the molecule is CCOC(=O)c1ccc(NC(=O)NC(C(=O)Nc2ccc(C(=O)OCC)cc2)C(C)CC)cc1. The lowest BCUT2D eigenvalue weighted by Crippen LogP contribution is -2.49. The summed E-state index contributed by atoms with van der Waals surface area (Å²) in [6.07, 6.45) is 0.661. The molecule has 34 heavy (non-hydrogen) atoms. The average Bonchev–Trinajstić information content (AvgIpc) is 2.83. The van der Waals surface area contributed by atoms with Gasteiger partial charge in [-0.2, -0.15) is 0 Å². The van der Waals surface area contributed by atoms with Crippen LogP contribution in [0.3, 0.4) is 0 Å². The maximum Gasteiger partial charge on any atom is 0.338 e. The summed E-state index contributed by atoms with van der Waals surface area (Å²) >= 11 is 0. The number of hydrogen-bond acceptors (Lipinski definition) is 6. The van der Waals surface area contributed by atoms with Crippen LogP contribution in [0, 0.1) is 5.92 Å². The van der Waals surface area contributed by atoms with E-state index in [1.165, 1.54) is 0 Å². The van der Waals surface area contributed by atoms with E-state index >= 15 is 0 Å². The molecule has 2 unspecified atom stereocenters. The van der Waals surface area contributed by atoms with Crippen molar-refractivity contribution >= 4 is 35.3 Å². The fraction of sp³-hybridized carbons (Fsp3) is 0.360. The van der Waals surface area contributed by atoms with Crippen molar-refractivity contribution in [2.75, 3.05) is 23.8 Å². The molecule has 0 aliphatic rings. The molecule has 9 heteroatoms. The third-order valence-corrected chi connectivity index (χ3v) is 5.10. The molecule has 3 amide bonds. The summed E-state index contributed by atoms with van der Waals surface area (Å²) in [5.41, 5.74) is 1.70. The second kappa shape index (κ2) is 13.0. The first-order valence-corrected chi connectivity index (χ1v) is 11.2. The molecule has 3 N–H and O–H groups in total. The minimum atomic E-state index is -0.798. The lowest BCUT2D eigenvalue weighted by Gasteiger charge is -2.23. The minimum Gasteiger partial charge on any atom is -0.462 e. The van der Waals surface area contributed by atoms with Crippen molar-refractivity contribution in [3.8, 4) is 0 Å². The highest BCUT2D eigenvalue weighted by Gasteiger charge is 2.26. The maximum atomic E-state index is 12.9. The topological polar surface area (TPSA) is 123 Å². The van der Waals surface area contributed by atoms with Gasteiger partial charge >= 0.3 is 18.0 Å². The van der Waals surface area contributed by atoms with E-state index in [0.717, 1.165) is 0 Å². The van der Waals surface area contributed by atoms with E-state index in [-0.39, 0.29) is 25.0 Å². The molecule has 182 valence electrons. The lowest BCUT2D eigenvalue weighted by molar-refractivity contribution is -0.119. The number of nitrogens with one attached hydrogen (secondary N) is 3. The molecule has 0 aliphatic carbocycles. The van der Waals surface area contributed by atoms with Gasteiger partial charge in [-0.05, 0) is 68.3 Å². The van der Waals surface area contributed by atoms with Gasteiger partial charge in [0.15, 0.2) is 0 Å². The number of anilines is 2. The van der Waals surface area contributed by atoms with Crippen molar-refractivity contribution in [2.24, 2.45) is 5.92 Å². The lowest BCUT2D eigenvalue weighted by atomic mass is 9.98. The summed E-state index contributed by atoms with van der Waals surface area (Å²) in [6.45, 7) is 7.78. The Morgan fingerprint density at radius 2 is 1.18 bits per heavy atom. The van der Waals surface area contributed by atoms with Crippen LogP contribution in [0.1, 0.15) is 54.8 Å².